The first kappa shape index (κ1) is 8.93. The molecular formula is C8H13NO3. The molecule has 1 atom stereocenters. The van der Waals surface area contributed by atoms with E-state index in [0.29, 0.717) is 5.56 Å². The summed E-state index contributed by atoms with van der Waals surface area (Å²) in [5.74, 6) is -0.0133. The van der Waals surface area contributed by atoms with Crippen molar-refractivity contribution in [2.24, 2.45) is 0 Å². The summed E-state index contributed by atoms with van der Waals surface area (Å²) >= 11 is 0. The molecule has 1 heterocycles. The third kappa shape index (κ3) is 1.25. The number of nitrogens with zero attached hydrogens (tertiary/aromatic N) is 1. The molecule has 0 aromatic carbocycles. The Bertz CT molecular complexity index is 280. The van der Waals surface area contributed by atoms with E-state index in [4.69, 9.17) is 5.11 Å². The Balaban J connectivity index is 3.13. The number of aromatic nitrogens is 1. The molecule has 0 fully saturated rings. The lowest BCUT2D eigenvalue weighted by atomic mass is 10.3. The van der Waals surface area contributed by atoms with Crippen LogP contribution in [-0.4, -0.2) is 26.5 Å². The van der Waals surface area contributed by atoms with Crippen LogP contribution in [0.3, 0.4) is 0 Å². The van der Waals surface area contributed by atoms with Gasteiger partial charge in [-0.05, 0) is 13.8 Å². The second-order valence-corrected chi connectivity index (χ2v) is 2.91. The fourth-order valence-corrected chi connectivity index (χ4v) is 1.14. The Hall–Kier alpha value is -1.16. The van der Waals surface area contributed by atoms with Crippen LogP contribution < -0.4 is 0 Å². The van der Waals surface area contributed by atoms with Gasteiger partial charge in [0.1, 0.15) is 0 Å². The highest BCUT2D eigenvalue weighted by atomic mass is 16.3. The van der Waals surface area contributed by atoms with Crippen LogP contribution >= 0.6 is 0 Å². The average molecular weight is 171 g/mol. The SMILES string of the molecule is Cc1cc(O)n([C@H](C)CO)c1O. The largest absolute Gasteiger partial charge is 0.494 e. The zero-order valence-electron chi connectivity index (χ0n) is 7.15. The van der Waals surface area contributed by atoms with Gasteiger partial charge in [-0.3, -0.25) is 4.57 Å². The van der Waals surface area contributed by atoms with Crippen LogP contribution in [0.25, 0.3) is 0 Å². The number of aliphatic hydroxyl groups is 1. The molecule has 1 aromatic rings. The monoisotopic (exact) mass is 171 g/mol. The van der Waals surface area contributed by atoms with Gasteiger partial charge in [0.25, 0.3) is 0 Å². The lowest BCUT2D eigenvalue weighted by Crippen LogP contribution is -2.07. The van der Waals surface area contributed by atoms with Crippen LogP contribution in [0.5, 0.6) is 11.8 Å². The molecule has 0 bridgehead atoms. The van der Waals surface area contributed by atoms with Crippen LogP contribution in [0, 0.1) is 6.92 Å². The van der Waals surface area contributed by atoms with E-state index in [9.17, 15) is 10.2 Å². The summed E-state index contributed by atoms with van der Waals surface area (Å²) in [7, 11) is 0. The molecule has 0 spiro atoms. The van der Waals surface area contributed by atoms with Crippen molar-refractivity contribution in [3.05, 3.63) is 11.6 Å². The van der Waals surface area contributed by atoms with Crippen molar-refractivity contribution in [3.63, 3.8) is 0 Å². The predicted octanol–water partition coefficient (Wildman–Crippen LogP) is 0.761. The maximum absolute atomic E-state index is 9.41. The predicted molar refractivity (Wildman–Crippen MR) is 44.3 cm³/mol. The van der Waals surface area contributed by atoms with E-state index < -0.39 is 0 Å². The van der Waals surface area contributed by atoms with Crippen molar-refractivity contribution in [1.29, 1.82) is 0 Å². The number of aromatic hydroxyl groups is 2. The maximum Gasteiger partial charge on any atom is 0.197 e. The van der Waals surface area contributed by atoms with Gasteiger partial charge in [-0.25, -0.2) is 0 Å². The van der Waals surface area contributed by atoms with Crippen molar-refractivity contribution < 1.29 is 15.3 Å². The maximum atomic E-state index is 9.41. The smallest absolute Gasteiger partial charge is 0.197 e. The minimum absolute atomic E-state index is 0.00838. The highest BCUT2D eigenvalue weighted by Gasteiger charge is 2.14. The van der Waals surface area contributed by atoms with E-state index in [1.807, 2.05) is 0 Å². The molecule has 0 saturated heterocycles. The molecular weight excluding hydrogens is 158 g/mol. The van der Waals surface area contributed by atoms with Crippen LogP contribution in [0.15, 0.2) is 6.07 Å². The number of hydrogen-bond acceptors (Lipinski definition) is 3. The van der Waals surface area contributed by atoms with Crippen molar-refractivity contribution in [2.75, 3.05) is 6.61 Å². The van der Waals surface area contributed by atoms with Crippen LogP contribution in [0.4, 0.5) is 0 Å². The molecule has 0 aliphatic rings. The second kappa shape index (κ2) is 3.06. The number of rotatable bonds is 2. The highest BCUT2D eigenvalue weighted by molar-refractivity contribution is 5.34. The minimum Gasteiger partial charge on any atom is -0.494 e. The Morgan fingerprint density at radius 1 is 1.50 bits per heavy atom. The second-order valence-electron chi connectivity index (χ2n) is 2.91. The molecule has 0 radical (unpaired) electrons. The van der Waals surface area contributed by atoms with Gasteiger partial charge in [0.05, 0.1) is 12.6 Å². The summed E-state index contributed by atoms with van der Waals surface area (Å²) < 4.78 is 1.29. The molecule has 0 aliphatic carbocycles. The van der Waals surface area contributed by atoms with Crippen LogP contribution in [-0.2, 0) is 0 Å². The van der Waals surface area contributed by atoms with Gasteiger partial charge in [0.15, 0.2) is 11.8 Å². The van der Waals surface area contributed by atoms with Gasteiger partial charge < -0.3 is 15.3 Å². The van der Waals surface area contributed by atoms with Gasteiger partial charge in [0.2, 0.25) is 0 Å². The van der Waals surface area contributed by atoms with E-state index in [1.165, 1.54) is 10.6 Å². The van der Waals surface area contributed by atoms with Crippen molar-refractivity contribution in [1.82, 2.24) is 4.57 Å². The summed E-state index contributed by atoms with van der Waals surface area (Å²) in [5.41, 5.74) is 0.604. The van der Waals surface area contributed by atoms with E-state index >= 15 is 0 Å². The van der Waals surface area contributed by atoms with Crippen molar-refractivity contribution >= 4 is 0 Å². The fraction of sp³-hybridized carbons (Fsp3) is 0.500. The molecule has 0 unspecified atom stereocenters. The minimum atomic E-state index is -0.307. The van der Waals surface area contributed by atoms with E-state index in [2.05, 4.69) is 0 Å². The molecule has 0 amide bonds. The van der Waals surface area contributed by atoms with Crippen LogP contribution in [0.2, 0.25) is 0 Å². The normalized spacial score (nSPS) is 13.2. The molecule has 68 valence electrons. The van der Waals surface area contributed by atoms with E-state index in [-0.39, 0.29) is 24.4 Å². The summed E-state index contributed by atoms with van der Waals surface area (Å²) in [6, 6.07) is 1.15. The molecule has 0 saturated carbocycles. The zero-order valence-corrected chi connectivity index (χ0v) is 7.15. The third-order valence-corrected chi connectivity index (χ3v) is 1.88. The Labute approximate surface area is 70.7 Å². The number of hydrogen-bond donors (Lipinski definition) is 3. The van der Waals surface area contributed by atoms with Gasteiger partial charge >= 0.3 is 0 Å². The van der Waals surface area contributed by atoms with Crippen molar-refractivity contribution in [3.8, 4) is 11.8 Å². The molecule has 1 rings (SSSR count). The van der Waals surface area contributed by atoms with Gasteiger partial charge in [-0.1, -0.05) is 0 Å². The number of aryl methyl sites for hydroxylation is 1. The summed E-state index contributed by atoms with van der Waals surface area (Å²) in [4.78, 5) is 0. The van der Waals surface area contributed by atoms with Gasteiger partial charge in [0, 0.05) is 11.6 Å². The zero-order chi connectivity index (χ0) is 9.30. The Morgan fingerprint density at radius 3 is 2.42 bits per heavy atom. The molecule has 4 nitrogen and oxygen atoms in total. The summed E-state index contributed by atoms with van der Waals surface area (Å²) in [5, 5.41) is 27.5. The fourth-order valence-electron chi connectivity index (χ4n) is 1.14. The average Bonchev–Trinajstić information content (AvgIpc) is 2.26. The Kier molecular flexibility index (Phi) is 2.28. The third-order valence-electron chi connectivity index (χ3n) is 1.88. The highest BCUT2D eigenvalue weighted by Crippen LogP contribution is 2.30. The molecule has 1 aromatic heterocycles. The molecule has 0 aliphatic heterocycles. The van der Waals surface area contributed by atoms with Crippen LogP contribution in [0.1, 0.15) is 18.5 Å². The standard InChI is InChI=1S/C8H13NO3/c1-5-3-7(11)9(8(5)12)6(2)4-10/h3,6,10-12H,4H2,1-2H3/t6-/m1/s1. The first-order valence-corrected chi connectivity index (χ1v) is 3.78. The van der Waals surface area contributed by atoms with Crippen molar-refractivity contribution in [2.45, 2.75) is 19.9 Å². The van der Waals surface area contributed by atoms with Gasteiger partial charge in [-0.15, -0.1) is 0 Å². The Morgan fingerprint density at radius 2 is 2.08 bits per heavy atom. The first-order valence-electron chi connectivity index (χ1n) is 3.78. The molecule has 4 heteroatoms. The summed E-state index contributed by atoms with van der Waals surface area (Å²) in [6.07, 6.45) is 0. The van der Waals surface area contributed by atoms with E-state index in [1.54, 1.807) is 13.8 Å². The van der Waals surface area contributed by atoms with Gasteiger partial charge in [-0.2, -0.15) is 0 Å². The number of aliphatic hydroxyl groups excluding tert-OH is 1. The molecule has 12 heavy (non-hydrogen) atoms. The van der Waals surface area contributed by atoms with E-state index in [0.717, 1.165) is 0 Å². The lowest BCUT2D eigenvalue weighted by molar-refractivity contribution is 0.218. The lowest BCUT2D eigenvalue weighted by Gasteiger charge is -2.12. The first-order chi connectivity index (χ1) is 5.57. The molecule has 3 N–H and O–H groups in total. The summed E-state index contributed by atoms with van der Waals surface area (Å²) in [6.45, 7) is 3.28. The topological polar surface area (TPSA) is 65.6 Å². The quantitative estimate of drug-likeness (QED) is 0.615.